The molecular weight excluding hydrogens is 351 g/mol. The summed E-state index contributed by atoms with van der Waals surface area (Å²) in [5.41, 5.74) is -1.15. The lowest BCUT2D eigenvalue weighted by molar-refractivity contribution is -0.128. The summed E-state index contributed by atoms with van der Waals surface area (Å²) in [6.07, 6.45) is 19.8. The molecule has 0 spiro atoms. The minimum Gasteiger partial charge on any atom is -0.299 e. The molecular formula is C25H41FO2. The van der Waals surface area contributed by atoms with Gasteiger partial charge in [0.15, 0.2) is 0 Å². The fraction of sp³-hybridized carbons (Fsp3) is 0.840. The Kier molecular flexibility index (Phi) is 10.4. The molecule has 0 saturated heterocycles. The summed E-state index contributed by atoms with van der Waals surface area (Å²) in [5.74, 6) is 0.346. The maximum absolute atomic E-state index is 14.6. The van der Waals surface area contributed by atoms with Gasteiger partial charge in [-0.15, -0.1) is 0 Å². The van der Waals surface area contributed by atoms with Gasteiger partial charge in [0.25, 0.3) is 0 Å². The summed E-state index contributed by atoms with van der Waals surface area (Å²) in [7, 11) is 0. The second-order valence-corrected chi connectivity index (χ2v) is 9.41. The number of hydrogen-bond acceptors (Lipinski definition) is 2. The zero-order valence-electron chi connectivity index (χ0n) is 18.0. The highest BCUT2D eigenvalue weighted by Crippen LogP contribution is 2.31. The number of allylic oxidation sites excluding steroid dienone is 2. The molecule has 1 saturated carbocycles. The number of Topliss-reactive ketones (excluding diaryl/α,β-unsaturated/α-hetero) is 2. The van der Waals surface area contributed by atoms with Gasteiger partial charge in [-0.1, -0.05) is 63.5 Å². The molecule has 2 aliphatic rings. The summed E-state index contributed by atoms with van der Waals surface area (Å²) >= 11 is 0. The monoisotopic (exact) mass is 392 g/mol. The highest BCUT2D eigenvalue weighted by molar-refractivity contribution is 5.89. The largest absolute Gasteiger partial charge is 0.299 e. The van der Waals surface area contributed by atoms with E-state index in [9.17, 15) is 14.0 Å². The van der Waals surface area contributed by atoms with E-state index in [0.717, 1.165) is 51.4 Å². The van der Waals surface area contributed by atoms with E-state index >= 15 is 0 Å². The van der Waals surface area contributed by atoms with Crippen LogP contribution in [-0.2, 0) is 9.59 Å². The van der Waals surface area contributed by atoms with E-state index < -0.39 is 5.67 Å². The van der Waals surface area contributed by atoms with E-state index in [0.29, 0.717) is 32.1 Å². The van der Waals surface area contributed by atoms with Crippen molar-refractivity contribution in [1.29, 1.82) is 0 Å². The fourth-order valence-corrected chi connectivity index (χ4v) is 4.72. The highest BCUT2D eigenvalue weighted by Gasteiger charge is 2.28. The van der Waals surface area contributed by atoms with E-state index in [1.54, 1.807) is 6.92 Å². The zero-order chi connectivity index (χ0) is 20.2. The van der Waals surface area contributed by atoms with Gasteiger partial charge in [-0.2, -0.15) is 0 Å². The van der Waals surface area contributed by atoms with Crippen LogP contribution in [0.3, 0.4) is 0 Å². The molecule has 28 heavy (non-hydrogen) atoms. The van der Waals surface area contributed by atoms with Crippen LogP contribution in [0, 0.1) is 11.8 Å². The summed E-state index contributed by atoms with van der Waals surface area (Å²) in [4.78, 5) is 25.5. The molecule has 3 atom stereocenters. The van der Waals surface area contributed by atoms with Gasteiger partial charge < -0.3 is 0 Å². The molecule has 2 aliphatic carbocycles. The maximum atomic E-state index is 14.6. The zero-order valence-corrected chi connectivity index (χ0v) is 18.0. The average Bonchev–Trinajstić information content (AvgIpc) is 2.68. The summed E-state index contributed by atoms with van der Waals surface area (Å²) < 4.78 is 14.6. The summed E-state index contributed by atoms with van der Waals surface area (Å²) in [6.45, 7) is 1.69. The first-order valence-corrected chi connectivity index (χ1v) is 11.9. The third kappa shape index (κ3) is 9.01. The van der Waals surface area contributed by atoms with Gasteiger partial charge in [-0.3, -0.25) is 9.59 Å². The number of hydrogen-bond donors (Lipinski definition) is 0. The molecule has 3 unspecified atom stereocenters. The Morgan fingerprint density at radius 2 is 1.46 bits per heavy atom. The molecule has 0 bridgehead atoms. The smallest absolute Gasteiger partial charge is 0.140 e. The van der Waals surface area contributed by atoms with Crippen molar-refractivity contribution in [2.75, 3.05) is 0 Å². The topological polar surface area (TPSA) is 34.1 Å². The van der Waals surface area contributed by atoms with Crippen molar-refractivity contribution in [2.45, 2.75) is 122 Å². The van der Waals surface area contributed by atoms with Crippen LogP contribution in [0.1, 0.15) is 116 Å². The standard InChI is InChI=1S/C25H41FO2/c1-25(26)19-12-8-7-11-15-22(18-20-25)24(28)17-16-23(27)21-13-9-5-3-2-4-6-10-14-21/h9,13,21-22H,2-8,10-12,14-20H2,1H3/b13-9-. The molecule has 0 heterocycles. The van der Waals surface area contributed by atoms with E-state index in [1.807, 2.05) is 0 Å². The van der Waals surface area contributed by atoms with Gasteiger partial charge in [0.05, 0.1) is 0 Å². The van der Waals surface area contributed by atoms with Gasteiger partial charge >= 0.3 is 0 Å². The van der Waals surface area contributed by atoms with Crippen molar-refractivity contribution in [3.05, 3.63) is 12.2 Å². The maximum Gasteiger partial charge on any atom is 0.140 e. The molecule has 0 aromatic heterocycles. The number of carbonyl (C=O) groups excluding carboxylic acids is 2. The minimum absolute atomic E-state index is 0.0101. The predicted octanol–water partition coefficient (Wildman–Crippen LogP) is 7.30. The lowest BCUT2D eigenvalue weighted by atomic mass is 9.83. The number of alkyl halides is 1. The van der Waals surface area contributed by atoms with Crippen molar-refractivity contribution in [3.63, 3.8) is 0 Å². The molecule has 160 valence electrons. The van der Waals surface area contributed by atoms with Crippen LogP contribution in [0.25, 0.3) is 0 Å². The fourth-order valence-electron chi connectivity index (χ4n) is 4.72. The van der Waals surface area contributed by atoms with Crippen LogP contribution in [0.5, 0.6) is 0 Å². The van der Waals surface area contributed by atoms with E-state index in [-0.39, 0.29) is 23.4 Å². The van der Waals surface area contributed by atoms with Crippen LogP contribution < -0.4 is 0 Å². The third-order valence-corrected chi connectivity index (χ3v) is 6.76. The van der Waals surface area contributed by atoms with Crippen LogP contribution in [0.4, 0.5) is 4.39 Å². The van der Waals surface area contributed by atoms with Crippen molar-refractivity contribution >= 4 is 11.6 Å². The Morgan fingerprint density at radius 1 is 0.821 bits per heavy atom. The first-order valence-electron chi connectivity index (χ1n) is 11.9. The normalized spacial score (nSPS) is 32.2. The number of carbonyl (C=O) groups is 2. The molecule has 0 N–H and O–H groups in total. The third-order valence-electron chi connectivity index (χ3n) is 6.76. The van der Waals surface area contributed by atoms with Gasteiger partial charge in [0.2, 0.25) is 0 Å². The number of rotatable bonds is 5. The summed E-state index contributed by atoms with van der Waals surface area (Å²) in [6, 6.07) is 0. The minimum atomic E-state index is -1.15. The number of ketones is 2. The average molecular weight is 393 g/mol. The SMILES string of the molecule is CC1(F)CCCCCCC(C(=O)CCC(=O)C2/C=C\CCCCCCC2)CC1. The Labute approximate surface area is 171 Å². The van der Waals surface area contributed by atoms with Crippen LogP contribution >= 0.6 is 0 Å². The van der Waals surface area contributed by atoms with Crippen molar-refractivity contribution in [3.8, 4) is 0 Å². The Morgan fingerprint density at radius 3 is 2.29 bits per heavy atom. The quantitative estimate of drug-likeness (QED) is 0.460. The molecule has 0 aromatic carbocycles. The number of halogens is 1. The molecule has 0 aromatic rings. The Hall–Kier alpha value is -0.990. The highest BCUT2D eigenvalue weighted by atomic mass is 19.1. The van der Waals surface area contributed by atoms with Gasteiger partial charge in [0, 0.05) is 24.7 Å². The first kappa shape index (κ1) is 23.3. The first-order chi connectivity index (χ1) is 13.5. The molecule has 3 heteroatoms. The predicted molar refractivity (Wildman–Crippen MR) is 114 cm³/mol. The van der Waals surface area contributed by atoms with Gasteiger partial charge in [0.1, 0.15) is 17.2 Å². The van der Waals surface area contributed by atoms with Gasteiger partial charge in [-0.05, 0) is 51.9 Å². The van der Waals surface area contributed by atoms with E-state index in [2.05, 4.69) is 12.2 Å². The van der Waals surface area contributed by atoms with Crippen LogP contribution in [0.2, 0.25) is 0 Å². The van der Waals surface area contributed by atoms with Gasteiger partial charge in [-0.25, -0.2) is 4.39 Å². The molecule has 2 nitrogen and oxygen atoms in total. The lowest BCUT2D eigenvalue weighted by Crippen LogP contribution is -2.24. The van der Waals surface area contributed by atoms with Crippen LogP contribution in [-0.4, -0.2) is 17.2 Å². The van der Waals surface area contributed by atoms with Crippen molar-refractivity contribution in [2.24, 2.45) is 11.8 Å². The Bertz CT molecular complexity index is 509. The second kappa shape index (κ2) is 12.5. The molecule has 1 fully saturated rings. The van der Waals surface area contributed by atoms with Crippen molar-refractivity contribution in [1.82, 2.24) is 0 Å². The summed E-state index contributed by atoms with van der Waals surface area (Å²) in [5, 5.41) is 0. The molecule has 0 radical (unpaired) electrons. The second-order valence-electron chi connectivity index (χ2n) is 9.41. The van der Waals surface area contributed by atoms with E-state index in [1.165, 1.54) is 25.7 Å². The Balaban J connectivity index is 1.84. The van der Waals surface area contributed by atoms with Crippen LogP contribution in [0.15, 0.2) is 12.2 Å². The van der Waals surface area contributed by atoms with Crippen molar-refractivity contribution < 1.29 is 14.0 Å². The van der Waals surface area contributed by atoms with E-state index in [4.69, 9.17) is 0 Å². The molecule has 2 rings (SSSR count). The molecule has 0 amide bonds. The molecule has 0 aliphatic heterocycles. The lowest BCUT2D eigenvalue weighted by Gasteiger charge is -2.25.